The summed E-state index contributed by atoms with van der Waals surface area (Å²) in [6.45, 7) is 3.00. The zero-order valence-corrected chi connectivity index (χ0v) is 15.3. The normalized spacial score (nSPS) is 17.6. The quantitative estimate of drug-likeness (QED) is 0.782. The van der Waals surface area contributed by atoms with Crippen LogP contribution in [-0.2, 0) is 9.59 Å². The first-order chi connectivity index (χ1) is 11.9. The van der Waals surface area contributed by atoms with Gasteiger partial charge in [0.05, 0.1) is 18.7 Å². The molecule has 1 unspecified atom stereocenters. The van der Waals surface area contributed by atoms with Gasteiger partial charge in [-0.2, -0.15) is 0 Å². The van der Waals surface area contributed by atoms with Crippen LogP contribution in [0.5, 0.6) is 5.75 Å². The van der Waals surface area contributed by atoms with Crippen LogP contribution in [0.15, 0.2) is 35.6 Å². The third kappa shape index (κ3) is 4.02. The van der Waals surface area contributed by atoms with E-state index >= 15 is 0 Å². The minimum Gasteiger partial charge on any atom is -0.503 e. The van der Waals surface area contributed by atoms with Gasteiger partial charge in [0, 0.05) is 13.0 Å². The Balaban J connectivity index is 2.41. The third-order valence-electron chi connectivity index (χ3n) is 4.34. The van der Waals surface area contributed by atoms with Crippen LogP contribution in [0.3, 0.4) is 0 Å². The molecule has 1 aliphatic heterocycles. The minimum absolute atomic E-state index is 0.186. The molecule has 0 spiro atoms. The van der Waals surface area contributed by atoms with Gasteiger partial charge in [0.25, 0.3) is 5.91 Å². The number of ether oxygens (including phenoxy) is 1. The number of ketones is 1. The Morgan fingerprint density at radius 1 is 1.36 bits per heavy atom. The first kappa shape index (κ1) is 19.0. The Kier molecular flexibility index (Phi) is 6.20. The highest BCUT2D eigenvalue weighted by Crippen LogP contribution is 2.39. The summed E-state index contributed by atoms with van der Waals surface area (Å²) in [5.74, 6) is -0.477. The Morgan fingerprint density at radius 2 is 2.08 bits per heavy atom. The highest BCUT2D eigenvalue weighted by Gasteiger charge is 2.42. The fraction of sp³-hybridized carbons (Fsp3) is 0.474. The summed E-state index contributed by atoms with van der Waals surface area (Å²) < 4.78 is 5.26. The van der Waals surface area contributed by atoms with E-state index in [-0.39, 0.29) is 17.8 Å². The number of hydrogen-bond acceptors (Lipinski definition) is 5. The van der Waals surface area contributed by atoms with Crippen LogP contribution in [0.1, 0.15) is 31.4 Å². The zero-order valence-electron chi connectivity index (χ0n) is 15.3. The predicted molar refractivity (Wildman–Crippen MR) is 95.6 cm³/mol. The number of benzene rings is 1. The van der Waals surface area contributed by atoms with Crippen LogP contribution in [0.2, 0.25) is 0 Å². The zero-order chi connectivity index (χ0) is 18.6. The fourth-order valence-electron chi connectivity index (χ4n) is 3.07. The van der Waals surface area contributed by atoms with E-state index in [0.717, 1.165) is 18.5 Å². The predicted octanol–water partition coefficient (Wildman–Crippen LogP) is 2.32. The van der Waals surface area contributed by atoms with Gasteiger partial charge in [0.15, 0.2) is 11.5 Å². The average Bonchev–Trinajstić information content (AvgIpc) is 2.85. The SMILES string of the molecule is CCC(=O)C1=C(O)C(=O)N(CCCN(C)C)C1c1cccc(OC)c1. The molecule has 1 aromatic carbocycles. The van der Waals surface area contributed by atoms with E-state index in [1.807, 2.05) is 37.2 Å². The molecule has 0 bridgehead atoms. The molecule has 1 heterocycles. The molecule has 1 amide bonds. The van der Waals surface area contributed by atoms with Gasteiger partial charge in [0.2, 0.25) is 0 Å². The minimum atomic E-state index is -0.572. The van der Waals surface area contributed by atoms with Crippen LogP contribution >= 0.6 is 0 Å². The van der Waals surface area contributed by atoms with Gasteiger partial charge >= 0.3 is 0 Å². The number of Topliss-reactive ketones (excluding diaryl/α,β-unsaturated/α-hetero) is 1. The monoisotopic (exact) mass is 346 g/mol. The van der Waals surface area contributed by atoms with Crippen LogP contribution in [-0.4, -0.2) is 60.9 Å². The smallest absolute Gasteiger partial charge is 0.290 e. The Bertz CT molecular complexity index is 682. The lowest BCUT2D eigenvalue weighted by Crippen LogP contribution is -2.33. The number of aliphatic hydroxyl groups is 1. The maximum Gasteiger partial charge on any atom is 0.290 e. The van der Waals surface area contributed by atoms with Crippen LogP contribution < -0.4 is 4.74 Å². The molecule has 0 saturated heterocycles. The summed E-state index contributed by atoms with van der Waals surface area (Å²) in [6.07, 6.45) is 0.985. The molecule has 6 nitrogen and oxygen atoms in total. The second-order valence-corrected chi connectivity index (χ2v) is 6.37. The number of hydrogen-bond donors (Lipinski definition) is 1. The second-order valence-electron chi connectivity index (χ2n) is 6.37. The van der Waals surface area contributed by atoms with Crippen molar-refractivity contribution in [1.82, 2.24) is 9.80 Å². The second kappa shape index (κ2) is 8.16. The van der Waals surface area contributed by atoms with Gasteiger partial charge in [-0.05, 0) is 44.8 Å². The fourth-order valence-corrected chi connectivity index (χ4v) is 3.07. The standard InChI is InChI=1S/C19H26N2O4/c1-5-15(22)16-17(13-8-6-9-14(12-13)25-4)21(19(24)18(16)23)11-7-10-20(2)3/h6,8-9,12,17,23H,5,7,10-11H2,1-4H3. The van der Waals surface area contributed by atoms with Crippen LogP contribution in [0.25, 0.3) is 0 Å². The first-order valence-corrected chi connectivity index (χ1v) is 8.46. The number of amides is 1. The van der Waals surface area contributed by atoms with E-state index < -0.39 is 17.7 Å². The average molecular weight is 346 g/mol. The van der Waals surface area contributed by atoms with E-state index in [2.05, 4.69) is 0 Å². The van der Waals surface area contributed by atoms with Crippen molar-refractivity contribution in [3.05, 3.63) is 41.2 Å². The Morgan fingerprint density at radius 3 is 2.68 bits per heavy atom. The third-order valence-corrected chi connectivity index (χ3v) is 4.34. The molecule has 1 aromatic rings. The lowest BCUT2D eigenvalue weighted by molar-refractivity contribution is -0.129. The van der Waals surface area contributed by atoms with Crippen molar-refractivity contribution in [3.8, 4) is 5.75 Å². The van der Waals surface area contributed by atoms with Crippen molar-refractivity contribution in [2.24, 2.45) is 0 Å². The van der Waals surface area contributed by atoms with Gasteiger partial charge in [-0.15, -0.1) is 0 Å². The molecule has 2 rings (SSSR count). The number of rotatable bonds is 8. The maximum absolute atomic E-state index is 12.6. The van der Waals surface area contributed by atoms with Gasteiger partial charge in [-0.25, -0.2) is 0 Å². The van der Waals surface area contributed by atoms with E-state index in [1.54, 1.807) is 25.0 Å². The molecule has 0 fully saturated rings. The van der Waals surface area contributed by atoms with E-state index in [9.17, 15) is 14.7 Å². The molecule has 0 aliphatic carbocycles. The van der Waals surface area contributed by atoms with E-state index in [4.69, 9.17) is 4.74 Å². The van der Waals surface area contributed by atoms with Crippen LogP contribution in [0, 0.1) is 0 Å². The van der Waals surface area contributed by atoms with Crippen molar-refractivity contribution in [2.75, 3.05) is 34.3 Å². The summed E-state index contributed by atoms with van der Waals surface area (Å²) in [7, 11) is 5.50. The largest absolute Gasteiger partial charge is 0.503 e. The van der Waals surface area contributed by atoms with Crippen molar-refractivity contribution >= 4 is 11.7 Å². The molecule has 0 saturated carbocycles. The Labute approximate surface area is 148 Å². The molecule has 0 radical (unpaired) electrons. The Hall–Kier alpha value is -2.34. The number of carbonyl (C=O) groups is 2. The van der Waals surface area contributed by atoms with Crippen molar-refractivity contribution in [1.29, 1.82) is 0 Å². The number of methoxy groups -OCH3 is 1. The number of aliphatic hydroxyl groups excluding tert-OH is 1. The van der Waals surface area contributed by atoms with Crippen LogP contribution in [0.4, 0.5) is 0 Å². The molecule has 1 atom stereocenters. The number of nitrogens with zero attached hydrogens (tertiary/aromatic N) is 2. The molecular formula is C19H26N2O4. The van der Waals surface area contributed by atoms with E-state index in [1.165, 1.54) is 0 Å². The summed E-state index contributed by atoms with van der Waals surface area (Å²) in [4.78, 5) is 28.6. The first-order valence-electron chi connectivity index (χ1n) is 8.46. The lowest BCUT2D eigenvalue weighted by atomic mass is 9.95. The molecular weight excluding hydrogens is 320 g/mol. The molecule has 1 N–H and O–H groups in total. The lowest BCUT2D eigenvalue weighted by Gasteiger charge is -2.27. The summed E-state index contributed by atoms with van der Waals surface area (Å²) in [5.41, 5.74) is 0.948. The molecule has 1 aliphatic rings. The highest BCUT2D eigenvalue weighted by molar-refractivity contribution is 6.08. The van der Waals surface area contributed by atoms with Crippen molar-refractivity contribution < 1.29 is 19.4 Å². The van der Waals surface area contributed by atoms with Gasteiger partial charge in [-0.1, -0.05) is 19.1 Å². The number of carbonyl (C=O) groups excluding carboxylic acids is 2. The molecule has 6 heteroatoms. The summed E-state index contributed by atoms with van der Waals surface area (Å²) in [6, 6.07) is 6.71. The van der Waals surface area contributed by atoms with Crippen molar-refractivity contribution in [3.63, 3.8) is 0 Å². The van der Waals surface area contributed by atoms with Gasteiger partial charge in [0.1, 0.15) is 5.75 Å². The van der Waals surface area contributed by atoms with Gasteiger partial charge in [-0.3, -0.25) is 9.59 Å². The van der Waals surface area contributed by atoms with Crippen molar-refractivity contribution in [2.45, 2.75) is 25.8 Å². The summed E-state index contributed by atoms with van der Waals surface area (Å²) >= 11 is 0. The highest BCUT2D eigenvalue weighted by atomic mass is 16.5. The van der Waals surface area contributed by atoms with E-state index in [0.29, 0.717) is 12.3 Å². The topological polar surface area (TPSA) is 70.1 Å². The molecule has 25 heavy (non-hydrogen) atoms. The summed E-state index contributed by atoms with van der Waals surface area (Å²) in [5, 5.41) is 10.3. The molecule has 136 valence electrons. The molecule has 0 aromatic heterocycles. The maximum atomic E-state index is 12.6. The van der Waals surface area contributed by atoms with Gasteiger partial charge < -0.3 is 19.6 Å².